The summed E-state index contributed by atoms with van der Waals surface area (Å²) in [7, 11) is -2.82. The summed E-state index contributed by atoms with van der Waals surface area (Å²) in [6.07, 6.45) is 1.30. The minimum absolute atomic E-state index is 0.0253. The van der Waals surface area contributed by atoms with Gasteiger partial charge in [0.1, 0.15) is 16.5 Å². The van der Waals surface area contributed by atoms with Crippen molar-refractivity contribution < 1.29 is 22.1 Å². The zero-order valence-corrected chi connectivity index (χ0v) is 22.2. The number of benzene rings is 3. The molecule has 0 bridgehead atoms. The molecule has 3 rings (SSSR count). The summed E-state index contributed by atoms with van der Waals surface area (Å²) in [5.74, 6) is -0.760. The molecule has 7 nitrogen and oxygen atoms in total. The lowest BCUT2D eigenvalue weighted by Crippen LogP contribution is -2.14. The Morgan fingerprint density at radius 1 is 1.11 bits per heavy atom. The van der Waals surface area contributed by atoms with Gasteiger partial charge in [0.05, 0.1) is 27.3 Å². The van der Waals surface area contributed by atoms with Gasteiger partial charge in [-0.3, -0.25) is 4.79 Å². The molecular weight excluding hydrogens is 579 g/mol. The van der Waals surface area contributed by atoms with Gasteiger partial charge in [0.25, 0.3) is 5.91 Å². The Morgan fingerprint density at radius 3 is 2.31 bits per heavy atom. The monoisotopic (exact) mass is 594 g/mol. The molecule has 3 aromatic carbocycles. The molecule has 0 unspecified atom stereocenters. The maximum atomic E-state index is 12.7. The van der Waals surface area contributed by atoms with Crippen molar-refractivity contribution >= 4 is 66.9 Å². The summed E-state index contributed by atoms with van der Waals surface area (Å²) in [5, 5.41) is 12.5. The Labute approximate surface area is 221 Å². The first-order valence-electron chi connectivity index (χ1n) is 9.81. The van der Waals surface area contributed by atoms with E-state index in [1.165, 1.54) is 37.5 Å². The maximum Gasteiger partial charge on any atom is 0.339 e. The maximum absolute atomic E-state index is 12.7. The van der Waals surface area contributed by atoms with E-state index >= 15 is 0 Å². The number of halogens is 3. The molecular formula is C24H17BrCl2N2O5S. The van der Waals surface area contributed by atoms with Crippen molar-refractivity contribution in [3.8, 4) is 17.6 Å². The van der Waals surface area contributed by atoms with Crippen LogP contribution in [0.4, 0.5) is 5.69 Å². The summed E-state index contributed by atoms with van der Waals surface area (Å²) in [6, 6.07) is 15.6. The molecule has 0 fully saturated rings. The highest BCUT2D eigenvalue weighted by Gasteiger charge is 2.22. The van der Waals surface area contributed by atoms with Gasteiger partial charge in [-0.2, -0.15) is 13.7 Å². The van der Waals surface area contributed by atoms with Crippen LogP contribution in [-0.2, 0) is 14.9 Å². The molecule has 0 aromatic heterocycles. The van der Waals surface area contributed by atoms with Crippen LogP contribution >= 0.6 is 39.1 Å². The van der Waals surface area contributed by atoms with Gasteiger partial charge in [0.15, 0.2) is 11.5 Å². The van der Waals surface area contributed by atoms with E-state index in [9.17, 15) is 18.5 Å². The molecule has 0 heterocycles. The van der Waals surface area contributed by atoms with Gasteiger partial charge in [-0.15, -0.1) is 0 Å². The lowest BCUT2D eigenvalue weighted by Gasteiger charge is -2.14. The predicted octanol–water partition coefficient (Wildman–Crippen LogP) is 6.39. The lowest BCUT2D eigenvalue weighted by atomic mass is 10.1. The second-order valence-electron chi connectivity index (χ2n) is 7.11. The highest BCUT2D eigenvalue weighted by atomic mass is 79.9. The van der Waals surface area contributed by atoms with Crippen molar-refractivity contribution in [2.45, 2.75) is 11.8 Å². The van der Waals surface area contributed by atoms with Crippen molar-refractivity contribution in [2.75, 3.05) is 12.4 Å². The van der Waals surface area contributed by atoms with E-state index in [2.05, 4.69) is 21.2 Å². The largest absolute Gasteiger partial charge is 0.493 e. The number of carbonyl (C=O) groups excluding carboxylic acids is 1. The average molecular weight is 596 g/mol. The Morgan fingerprint density at radius 2 is 1.74 bits per heavy atom. The molecule has 3 aromatic rings. The molecule has 0 saturated carbocycles. The van der Waals surface area contributed by atoms with Crippen LogP contribution in [0.2, 0.25) is 10.0 Å². The molecule has 0 atom stereocenters. The molecule has 0 saturated heterocycles. The van der Waals surface area contributed by atoms with Crippen LogP contribution in [0.3, 0.4) is 0 Å². The number of anilines is 1. The molecule has 0 aliphatic rings. The van der Waals surface area contributed by atoms with E-state index in [4.69, 9.17) is 32.1 Å². The van der Waals surface area contributed by atoms with Crippen LogP contribution in [0.1, 0.15) is 11.1 Å². The van der Waals surface area contributed by atoms with Crippen LogP contribution in [-0.4, -0.2) is 21.4 Å². The number of amides is 1. The van der Waals surface area contributed by atoms with E-state index in [0.29, 0.717) is 5.56 Å². The normalized spacial score (nSPS) is 11.5. The van der Waals surface area contributed by atoms with Crippen molar-refractivity contribution in [1.29, 1.82) is 5.26 Å². The van der Waals surface area contributed by atoms with Crippen LogP contribution in [0.15, 0.2) is 69.5 Å². The number of aryl methyl sites for hydroxylation is 1. The number of ether oxygens (including phenoxy) is 1. The fourth-order valence-electron chi connectivity index (χ4n) is 2.88. The van der Waals surface area contributed by atoms with Gasteiger partial charge < -0.3 is 14.2 Å². The third-order valence-corrected chi connectivity index (χ3v) is 7.09. The Kier molecular flexibility index (Phi) is 8.46. The quantitative estimate of drug-likeness (QED) is 0.193. The van der Waals surface area contributed by atoms with Crippen molar-refractivity contribution in [3.63, 3.8) is 0 Å². The zero-order chi connectivity index (χ0) is 25.8. The fourth-order valence-corrected chi connectivity index (χ4v) is 4.98. The third-order valence-electron chi connectivity index (χ3n) is 4.63. The first-order valence-corrected chi connectivity index (χ1v) is 12.8. The Balaban J connectivity index is 1.93. The SMILES string of the molecule is COc1cc(/C=C(\C#N)C(=O)Nc2c(Cl)cccc2Cl)cc(Br)c1OS(=O)(=O)c1ccc(C)cc1. The van der Waals surface area contributed by atoms with Crippen LogP contribution < -0.4 is 14.2 Å². The highest BCUT2D eigenvalue weighted by Crippen LogP contribution is 2.39. The number of rotatable bonds is 7. The second kappa shape index (κ2) is 11.1. The number of hydrogen-bond donors (Lipinski definition) is 1. The summed E-state index contributed by atoms with van der Waals surface area (Å²) in [6.45, 7) is 1.84. The zero-order valence-electron chi connectivity index (χ0n) is 18.3. The number of carbonyl (C=O) groups is 1. The number of para-hydroxylation sites is 1. The van der Waals surface area contributed by atoms with Crippen LogP contribution in [0, 0.1) is 18.3 Å². The number of methoxy groups -OCH3 is 1. The van der Waals surface area contributed by atoms with E-state index in [1.807, 2.05) is 13.0 Å². The number of hydrogen-bond acceptors (Lipinski definition) is 6. The molecule has 1 N–H and O–H groups in total. The highest BCUT2D eigenvalue weighted by molar-refractivity contribution is 9.10. The number of nitrogens with one attached hydrogen (secondary N) is 1. The van der Waals surface area contributed by atoms with Crippen LogP contribution in [0.5, 0.6) is 11.5 Å². The molecule has 35 heavy (non-hydrogen) atoms. The van der Waals surface area contributed by atoms with Crippen molar-refractivity contribution in [2.24, 2.45) is 0 Å². The van der Waals surface area contributed by atoms with Crippen LogP contribution in [0.25, 0.3) is 6.08 Å². The van der Waals surface area contributed by atoms with Gasteiger partial charge in [-0.05, 0) is 70.9 Å². The van der Waals surface area contributed by atoms with Crippen molar-refractivity contribution in [3.05, 3.63) is 85.8 Å². The number of nitriles is 1. The Hall–Kier alpha value is -3.03. The summed E-state index contributed by atoms with van der Waals surface area (Å²) in [4.78, 5) is 12.6. The molecule has 0 spiro atoms. The average Bonchev–Trinajstić information content (AvgIpc) is 2.81. The molecule has 11 heteroatoms. The standard InChI is InChI=1S/C24H17BrCl2N2O5S/c1-14-6-8-17(9-7-14)35(31,32)34-23-18(25)11-15(12-21(23)33-2)10-16(13-28)24(30)29-22-19(26)4-3-5-20(22)27/h3-12H,1-2H3,(H,29,30)/b16-10+. The Bertz CT molecular complexity index is 1450. The van der Waals surface area contributed by atoms with E-state index < -0.39 is 16.0 Å². The topological polar surface area (TPSA) is 105 Å². The predicted molar refractivity (Wildman–Crippen MR) is 138 cm³/mol. The smallest absolute Gasteiger partial charge is 0.339 e. The summed E-state index contributed by atoms with van der Waals surface area (Å²) >= 11 is 15.4. The van der Waals surface area contributed by atoms with E-state index in [1.54, 1.807) is 30.3 Å². The molecule has 0 aliphatic heterocycles. The molecule has 0 aliphatic carbocycles. The van der Waals surface area contributed by atoms with Crippen molar-refractivity contribution in [1.82, 2.24) is 0 Å². The molecule has 1 amide bonds. The second-order valence-corrected chi connectivity index (χ2v) is 10.3. The lowest BCUT2D eigenvalue weighted by molar-refractivity contribution is -0.112. The molecule has 180 valence electrons. The van der Waals surface area contributed by atoms with Gasteiger partial charge in [0.2, 0.25) is 0 Å². The van der Waals surface area contributed by atoms with Gasteiger partial charge >= 0.3 is 10.1 Å². The first-order chi connectivity index (χ1) is 16.6. The fraction of sp³-hybridized carbons (Fsp3) is 0.0833. The minimum Gasteiger partial charge on any atom is -0.493 e. The van der Waals surface area contributed by atoms with E-state index in [0.717, 1.165) is 5.56 Å². The van der Waals surface area contributed by atoms with Gasteiger partial charge in [0, 0.05) is 0 Å². The molecule has 0 radical (unpaired) electrons. The number of nitrogens with zero attached hydrogens (tertiary/aromatic N) is 1. The minimum atomic E-state index is -4.15. The summed E-state index contributed by atoms with van der Waals surface area (Å²) < 4.78 is 36.3. The third kappa shape index (κ3) is 6.35. The first kappa shape index (κ1) is 26.6. The van der Waals surface area contributed by atoms with E-state index in [-0.39, 0.29) is 42.2 Å². The van der Waals surface area contributed by atoms with Gasteiger partial charge in [-0.25, -0.2) is 0 Å². The summed E-state index contributed by atoms with van der Waals surface area (Å²) in [5.41, 5.74) is 1.18. The van der Waals surface area contributed by atoms with Gasteiger partial charge in [-0.1, -0.05) is 47.0 Å².